The summed E-state index contributed by atoms with van der Waals surface area (Å²) in [6.45, 7) is 4.51. The van der Waals surface area contributed by atoms with Crippen LogP contribution >= 0.6 is 0 Å². The van der Waals surface area contributed by atoms with E-state index in [0.717, 1.165) is 25.7 Å². The van der Waals surface area contributed by atoms with E-state index in [1.807, 2.05) is 0 Å². The number of carbonyl (C=O) groups excluding carboxylic acids is 1. The van der Waals surface area contributed by atoms with Crippen molar-refractivity contribution in [3.05, 3.63) is 0 Å². The zero-order valence-electron chi connectivity index (χ0n) is 24.1. The molecule has 0 amide bonds. The van der Waals surface area contributed by atoms with Crippen LogP contribution in [0.4, 0.5) is 0 Å². The summed E-state index contributed by atoms with van der Waals surface area (Å²) in [5.41, 5.74) is 0. The Morgan fingerprint density at radius 1 is 0.514 bits per heavy atom. The van der Waals surface area contributed by atoms with Gasteiger partial charge in [0.1, 0.15) is 6.10 Å². The molecule has 0 saturated heterocycles. The van der Waals surface area contributed by atoms with E-state index in [1.165, 1.54) is 141 Å². The summed E-state index contributed by atoms with van der Waals surface area (Å²) in [7, 11) is 0. The molecule has 1 unspecified atom stereocenters. The molecule has 0 aliphatic carbocycles. The maximum atomic E-state index is 12.1. The van der Waals surface area contributed by atoms with Crippen LogP contribution in [0.5, 0.6) is 0 Å². The van der Waals surface area contributed by atoms with Crippen molar-refractivity contribution < 1.29 is 14.6 Å². The van der Waals surface area contributed by atoms with E-state index in [2.05, 4.69) is 13.8 Å². The average molecular weight is 497 g/mol. The normalized spacial score (nSPS) is 12.2. The lowest BCUT2D eigenvalue weighted by Gasteiger charge is -2.15. The Kier molecular flexibility index (Phi) is 29.2. The van der Waals surface area contributed by atoms with E-state index < -0.39 is 0 Å². The van der Waals surface area contributed by atoms with Crippen LogP contribution in [0.1, 0.15) is 187 Å². The van der Waals surface area contributed by atoms with Crippen molar-refractivity contribution in [1.29, 1.82) is 0 Å². The Bertz CT molecular complexity index is 410. The summed E-state index contributed by atoms with van der Waals surface area (Å²) >= 11 is 0. The highest BCUT2D eigenvalue weighted by molar-refractivity contribution is 5.69. The molecule has 0 fully saturated rings. The van der Waals surface area contributed by atoms with Gasteiger partial charge in [0.05, 0.1) is 6.61 Å². The number of hydrogen-bond acceptors (Lipinski definition) is 3. The molecule has 210 valence electrons. The molecule has 0 aliphatic heterocycles. The quantitative estimate of drug-likeness (QED) is 0.0827. The SMILES string of the molecule is CCCCCCCCCCCCCCCC(=O)OC(CO)CCCCCCCCCCCCCC. The monoisotopic (exact) mass is 496 g/mol. The van der Waals surface area contributed by atoms with E-state index in [4.69, 9.17) is 4.74 Å². The molecule has 3 heteroatoms. The zero-order valence-corrected chi connectivity index (χ0v) is 24.1. The molecule has 3 nitrogen and oxygen atoms in total. The maximum Gasteiger partial charge on any atom is 0.306 e. The smallest absolute Gasteiger partial charge is 0.306 e. The number of ether oxygens (including phenoxy) is 1. The molecule has 0 saturated carbocycles. The van der Waals surface area contributed by atoms with Gasteiger partial charge in [0.25, 0.3) is 0 Å². The third kappa shape index (κ3) is 27.9. The highest BCUT2D eigenvalue weighted by Crippen LogP contribution is 2.15. The van der Waals surface area contributed by atoms with Crippen molar-refractivity contribution in [2.45, 2.75) is 193 Å². The summed E-state index contributed by atoms with van der Waals surface area (Å²) in [5, 5.41) is 9.56. The molecule has 0 radical (unpaired) electrons. The summed E-state index contributed by atoms with van der Waals surface area (Å²) in [6, 6.07) is 0. The molecule has 0 rings (SSSR count). The first-order valence-electron chi connectivity index (χ1n) is 16.0. The largest absolute Gasteiger partial charge is 0.460 e. The Morgan fingerprint density at radius 3 is 1.17 bits per heavy atom. The number of hydrogen-bond donors (Lipinski definition) is 1. The second-order valence-electron chi connectivity index (χ2n) is 11.0. The first-order valence-corrected chi connectivity index (χ1v) is 16.0. The number of aliphatic hydroxyl groups excluding tert-OH is 1. The van der Waals surface area contributed by atoms with Gasteiger partial charge >= 0.3 is 5.97 Å². The van der Waals surface area contributed by atoms with E-state index >= 15 is 0 Å². The fraction of sp³-hybridized carbons (Fsp3) is 0.969. The average Bonchev–Trinajstić information content (AvgIpc) is 2.86. The summed E-state index contributed by atoms with van der Waals surface area (Å²) in [5.74, 6) is -0.119. The molecule has 0 aromatic rings. The van der Waals surface area contributed by atoms with E-state index in [9.17, 15) is 9.90 Å². The molecular formula is C32H64O3. The molecule has 0 bridgehead atoms. The zero-order chi connectivity index (χ0) is 25.7. The minimum atomic E-state index is -0.299. The Hall–Kier alpha value is -0.570. The van der Waals surface area contributed by atoms with E-state index in [1.54, 1.807) is 0 Å². The van der Waals surface area contributed by atoms with Crippen molar-refractivity contribution in [2.75, 3.05) is 6.61 Å². The molecule has 0 aromatic heterocycles. The van der Waals surface area contributed by atoms with Gasteiger partial charge in [-0.1, -0.05) is 162 Å². The first-order chi connectivity index (χ1) is 17.2. The van der Waals surface area contributed by atoms with Crippen LogP contribution in [-0.4, -0.2) is 23.8 Å². The predicted molar refractivity (Wildman–Crippen MR) is 153 cm³/mol. The van der Waals surface area contributed by atoms with Gasteiger partial charge in [-0.3, -0.25) is 4.79 Å². The number of carbonyl (C=O) groups is 1. The maximum absolute atomic E-state index is 12.1. The third-order valence-corrected chi connectivity index (χ3v) is 7.37. The van der Waals surface area contributed by atoms with Crippen molar-refractivity contribution in [3.8, 4) is 0 Å². The van der Waals surface area contributed by atoms with Crippen LogP contribution in [0.3, 0.4) is 0 Å². The second kappa shape index (κ2) is 29.7. The molecule has 1 atom stereocenters. The standard InChI is InChI=1S/C32H64O3/c1-3-5-7-9-11-13-15-17-19-21-23-25-27-29-32(34)35-31(30-33)28-26-24-22-20-18-16-14-12-10-8-6-4-2/h31,33H,3-30H2,1-2H3. The van der Waals surface area contributed by atoms with Gasteiger partial charge in [-0.2, -0.15) is 0 Å². The van der Waals surface area contributed by atoms with Crippen molar-refractivity contribution in [1.82, 2.24) is 0 Å². The summed E-state index contributed by atoms with van der Waals surface area (Å²) in [6.07, 6.45) is 33.9. The summed E-state index contributed by atoms with van der Waals surface area (Å²) in [4.78, 5) is 12.1. The van der Waals surface area contributed by atoms with E-state index in [0.29, 0.717) is 6.42 Å². The second-order valence-corrected chi connectivity index (χ2v) is 11.0. The molecule has 0 spiro atoms. The third-order valence-electron chi connectivity index (χ3n) is 7.37. The van der Waals surface area contributed by atoms with Gasteiger partial charge < -0.3 is 9.84 Å². The lowest BCUT2D eigenvalue weighted by Crippen LogP contribution is -2.21. The van der Waals surface area contributed by atoms with Crippen LogP contribution in [0.15, 0.2) is 0 Å². The summed E-state index contributed by atoms with van der Waals surface area (Å²) < 4.78 is 5.52. The topological polar surface area (TPSA) is 46.5 Å². The van der Waals surface area contributed by atoms with Gasteiger partial charge in [0, 0.05) is 6.42 Å². The van der Waals surface area contributed by atoms with Crippen LogP contribution in [-0.2, 0) is 9.53 Å². The van der Waals surface area contributed by atoms with Gasteiger partial charge in [0.15, 0.2) is 0 Å². The minimum absolute atomic E-state index is 0.0393. The van der Waals surface area contributed by atoms with E-state index in [-0.39, 0.29) is 18.7 Å². The first kappa shape index (κ1) is 34.4. The molecule has 1 N–H and O–H groups in total. The number of esters is 1. The molecular weight excluding hydrogens is 432 g/mol. The lowest BCUT2D eigenvalue weighted by atomic mass is 10.0. The van der Waals surface area contributed by atoms with Crippen molar-refractivity contribution in [2.24, 2.45) is 0 Å². The van der Waals surface area contributed by atoms with Crippen LogP contribution in [0, 0.1) is 0 Å². The van der Waals surface area contributed by atoms with Crippen LogP contribution < -0.4 is 0 Å². The fourth-order valence-electron chi connectivity index (χ4n) is 4.93. The lowest BCUT2D eigenvalue weighted by molar-refractivity contribution is -0.151. The Balaban J connectivity index is 3.41. The molecule has 0 aliphatic rings. The fourth-order valence-corrected chi connectivity index (χ4v) is 4.93. The van der Waals surface area contributed by atoms with Crippen LogP contribution in [0.25, 0.3) is 0 Å². The van der Waals surface area contributed by atoms with Gasteiger partial charge in [0.2, 0.25) is 0 Å². The Labute approximate surface area is 220 Å². The van der Waals surface area contributed by atoms with Gasteiger partial charge in [-0.05, 0) is 19.3 Å². The van der Waals surface area contributed by atoms with Crippen LogP contribution in [0.2, 0.25) is 0 Å². The predicted octanol–water partition coefficient (Wildman–Crippen LogP) is 10.5. The van der Waals surface area contributed by atoms with Crippen molar-refractivity contribution >= 4 is 5.97 Å². The van der Waals surface area contributed by atoms with Crippen molar-refractivity contribution in [3.63, 3.8) is 0 Å². The molecule has 0 aromatic carbocycles. The number of aliphatic hydroxyl groups is 1. The molecule has 35 heavy (non-hydrogen) atoms. The van der Waals surface area contributed by atoms with Gasteiger partial charge in [-0.25, -0.2) is 0 Å². The minimum Gasteiger partial charge on any atom is -0.460 e. The molecule has 0 heterocycles. The highest BCUT2D eigenvalue weighted by Gasteiger charge is 2.13. The Morgan fingerprint density at radius 2 is 0.829 bits per heavy atom. The number of unbranched alkanes of at least 4 members (excludes halogenated alkanes) is 23. The number of rotatable bonds is 29. The highest BCUT2D eigenvalue weighted by atomic mass is 16.5. The van der Waals surface area contributed by atoms with Gasteiger partial charge in [-0.15, -0.1) is 0 Å².